The highest BCUT2D eigenvalue weighted by Crippen LogP contribution is 2.41. The second-order valence-electron chi connectivity index (χ2n) is 5.31. The van der Waals surface area contributed by atoms with Crippen LogP contribution < -0.4 is 5.32 Å². The van der Waals surface area contributed by atoms with Gasteiger partial charge in [-0.2, -0.15) is 0 Å². The standard InChI is InChI=1S/C13H26N2/c1-3-5-12-8-13(12)15-7-6-11(10-15)9-14-4-2/h11-14H,3-10H2,1-2H3. The summed E-state index contributed by atoms with van der Waals surface area (Å²) in [6.45, 7) is 9.59. The molecule has 2 heteroatoms. The molecule has 2 aliphatic rings. The van der Waals surface area contributed by atoms with Crippen molar-refractivity contribution in [3.63, 3.8) is 0 Å². The lowest BCUT2D eigenvalue weighted by Gasteiger charge is -2.16. The Hall–Kier alpha value is -0.0800. The van der Waals surface area contributed by atoms with Crippen LogP contribution in [0.4, 0.5) is 0 Å². The molecule has 88 valence electrons. The Morgan fingerprint density at radius 1 is 1.33 bits per heavy atom. The van der Waals surface area contributed by atoms with Crippen LogP contribution in [0.1, 0.15) is 39.5 Å². The van der Waals surface area contributed by atoms with E-state index in [1.54, 1.807) is 0 Å². The van der Waals surface area contributed by atoms with Crippen molar-refractivity contribution in [3.05, 3.63) is 0 Å². The Morgan fingerprint density at radius 3 is 2.93 bits per heavy atom. The monoisotopic (exact) mass is 210 g/mol. The van der Waals surface area contributed by atoms with Gasteiger partial charge in [0, 0.05) is 12.6 Å². The SMILES string of the molecule is CCCC1CC1N1CCC(CNCC)C1. The van der Waals surface area contributed by atoms with Gasteiger partial charge in [-0.3, -0.25) is 4.90 Å². The molecule has 0 bridgehead atoms. The van der Waals surface area contributed by atoms with Crippen LogP contribution in [-0.4, -0.2) is 37.1 Å². The highest BCUT2D eigenvalue weighted by Gasteiger charge is 2.42. The van der Waals surface area contributed by atoms with Gasteiger partial charge in [0.1, 0.15) is 0 Å². The molecule has 2 nitrogen and oxygen atoms in total. The third-order valence-corrected chi connectivity index (χ3v) is 4.01. The zero-order chi connectivity index (χ0) is 10.7. The number of rotatable bonds is 6. The second kappa shape index (κ2) is 5.31. The molecule has 0 aromatic rings. The zero-order valence-corrected chi connectivity index (χ0v) is 10.3. The van der Waals surface area contributed by atoms with E-state index in [-0.39, 0.29) is 0 Å². The predicted molar refractivity (Wildman–Crippen MR) is 65.0 cm³/mol. The summed E-state index contributed by atoms with van der Waals surface area (Å²) >= 11 is 0. The molecule has 0 amide bonds. The van der Waals surface area contributed by atoms with Crippen LogP contribution in [0.15, 0.2) is 0 Å². The molecule has 1 heterocycles. The molecular weight excluding hydrogens is 184 g/mol. The largest absolute Gasteiger partial charge is 0.317 e. The second-order valence-corrected chi connectivity index (χ2v) is 5.31. The summed E-state index contributed by atoms with van der Waals surface area (Å²) in [4.78, 5) is 2.75. The summed E-state index contributed by atoms with van der Waals surface area (Å²) in [5.74, 6) is 1.97. The average molecular weight is 210 g/mol. The maximum Gasteiger partial charge on any atom is 0.0127 e. The van der Waals surface area contributed by atoms with Crippen molar-refractivity contribution >= 4 is 0 Å². The van der Waals surface area contributed by atoms with Crippen molar-refractivity contribution < 1.29 is 0 Å². The van der Waals surface area contributed by atoms with E-state index in [2.05, 4.69) is 24.1 Å². The van der Waals surface area contributed by atoms with Gasteiger partial charge in [-0.05, 0) is 50.7 Å². The molecule has 0 aromatic heterocycles. The fourth-order valence-electron chi connectivity index (χ4n) is 3.04. The van der Waals surface area contributed by atoms with Crippen LogP contribution in [-0.2, 0) is 0 Å². The molecule has 1 saturated heterocycles. The summed E-state index contributed by atoms with van der Waals surface area (Å²) in [5, 5.41) is 3.48. The fraction of sp³-hybridized carbons (Fsp3) is 1.00. The minimum Gasteiger partial charge on any atom is -0.317 e. The lowest BCUT2D eigenvalue weighted by molar-refractivity contribution is 0.295. The Balaban J connectivity index is 1.65. The summed E-state index contributed by atoms with van der Waals surface area (Å²) in [6.07, 6.45) is 5.74. The highest BCUT2D eigenvalue weighted by atomic mass is 15.2. The van der Waals surface area contributed by atoms with Gasteiger partial charge in [0.25, 0.3) is 0 Å². The third kappa shape index (κ3) is 2.94. The predicted octanol–water partition coefficient (Wildman–Crippen LogP) is 2.11. The summed E-state index contributed by atoms with van der Waals surface area (Å²) in [7, 11) is 0. The third-order valence-electron chi connectivity index (χ3n) is 4.01. The first-order valence-corrected chi connectivity index (χ1v) is 6.79. The molecule has 1 N–H and O–H groups in total. The number of likely N-dealkylation sites (tertiary alicyclic amines) is 1. The molecular formula is C13H26N2. The van der Waals surface area contributed by atoms with Gasteiger partial charge < -0.3 is 5.32 Å². The Morgan fingerprint density at radius 2 is 2.20 bits per heavy atom. The first-order chi connectivity index (χ1) is 7.35. The lowest BCUT2D eigenvalue weighted by atomic mass is 10.1. The van der Waals surface area contributed by atoms with Gasteiger partial charge in [0.15, 0.2) is 0 Å². The lowest BCUT2D eigenvalue weighted by Crippen LogP contribution is -2.28. The molecule has 1 saturated carbocycles. The maximum absolute atomic E-state index is 3.48. The first-order valence-electron chi connectivity index (χ1n) is 6.79. The van der Waals surface area contributed by atoms with E-state index in [0.717, 1.165) is 24.4 Å². The van der Waals surface area contributed by atoms with Gasteiger partial charge in [-0.1, -0.05) is 20.3 Å². The smallest absolute Gasteiger partial charge is 0.0127 e. The van der Waals surface area contributed by atoms with Gasteiger partial charge in [-0.15, -0.1) is 0 Å². The Labute approximate surface area is 94.4 Å². The number of nitrogens with one attached hydrogen (secondary N) is 1. The van der Waals surface area contributed by atoms with Crippen LogP contribution >= 0.6 is 0 Å². The molecule has 1 aliphatic heterocycles. The van der Waals surface area contributed by atoms with Crippen molar-refractivity contribution in [3.8, 4) is 0 Å². The van der Waals surface area contributed by atoms with Crippen molar-refractivity contribution in [1.82, 2.24) is 10.2 Å². The van der Waals surface area contributed by atoms with E-state index in [0.29, 0.717) is 0 Å². The summed E-state index contributed by atoms with van der Waals surface area (Å²) in [6, 6.07) is 0.969. The minimum absolute atomic E-state index is 0.924. The van der Waals surface area contributed by atoms with Crippen molar-refractivity contribution in [2.24, 2.45) is 11.8 Å². The van der Waals surface area contributed by atoms with Gasteiger partial charge in [-0.25, -0.2) is 0 Å². The maximum atomic E-state index is 3.48. The molecule has 3 atom stereocenters. The van der Waals surface area contributed by atoms with Crippen molar-refractivity contribution in [2.45, 2.75) is 45.6 Å². The summed E-state index contributed by atoms with van der Waals surface area (Å²) < 4.78 is 0. The molecule has 15 heavy (non-hydrogen) atoms. The number of hydrogen-bond donors (Lipinski definition) is 1. The van der Waals surface area contributed by atoms with Crippen LogP contribution in [0.5, 0.6) is 0 Å². The van der Waals surface area contributed by atoms with E-state index in [9.17, 15) is 0 Å². The van der Waals surface area contributed by atoms with Crippen LogP contribution in [0.2, 0.25) is 0 Å². The molecule has 0 spiro atoms. The highest BCUT2D eigenvalue weighted by molar-refractivity contribution is 4.97. The molecule has 0 aromatic carbocycles. The van der Waals surface area contributed by atoms with E-state index in [1.165, 1.54) is 45.3 Å². The number of hydrogen-bond acceptors (Lipinski definition) is 2. The quantitative estimate of drug-likeness (QED) is 0.722. The van der Waals surface area contributed by atoms with E-state index >= 15 is 0 Å². The molecule has 2 rings (SSSR count). The van der Waals surface area contributed by atoms with Gasteiger partial charge in [0.05, 0.1) is 0 Å². The van der Waals surface area contributed by atoms with Gasteiger partial charge in [0.2, 0.25) is 0 Å². The van der Waals surface area contributed by atoms with Gasteiger partial charge >= 0.3 is 0 Å². The molecule has 2 fully saturated rings. The van der Waals surface area contributed by atoms with E-state index in [1.807, 2.05) is 0 Å². The minimum atomic E-state index is 0.924. The Kier molecular flexibility index (Phi) is 4.04. The van der Waals surface area contributed by atoms with Crippen LogP contribution in [0.3, 0.4) is 0 Å². The molecule has 3 unspecified atom stereocenters. The Bertz CT molecular complexity index is 193. The molecule has 1 aliphatic carbocycles. The zero-order valence-electron chi connectivity index (χ0n) is 10.3. The topological polar surface area (TPSA) is 15.3 Å². The summed E-state index contributed by atoms with van der Waals surface area (Å²) in [5.41, 5.74) is 0. The van der Waals surface area contributed by atoms with Crippen LogP contribution in [0.25, 0.3) is 0 Å². The van der Waals surface area contributed by atoms with E-state index in [4.69, 9.17) is 0 Å². The normalized spacial score (nSPS) is 36.0. The average Bonchev–Trinajstić information content (AvgIpc) is 2.85. The fourth-order valence-corrected chi connectivity index (χ4v) is 3.04. The van der Waals surface area contributed by atoms with Crippen molar-refractivity contribution in [1.29, 1.82) is 0 Å². The molecule has 0 radical (unpaired) electrons. The number of nitrogens with zero attached hydrogens (tertiary/aromatic N) is 1. The van der Waals surface area contributed by atoms with E-state index < -0.39 is 0 Å². The first kappa shape index (κ1) is 11.4. The van der Waals surface area contributed by atoms with Crippen molar-refractivity contribution in [2.75, 3.05) is 26.2 Å². The van der Waals surface area contributed by atoms with Crippen LogP contribution in [0, 0.1) is 11.8 Å².